The van der Waals surface area contributed by atoms with E-state index in [1.54, 1.807) is 18.3 Å². The Morgan fingerprint density at radius 1 is 0.944 bits per heavy atom. The fraction of sp³-hybridized carbons (Fsp3) is 0.0741. The first-order valence-corrected chi connectivity index (χ1v) is 12.1. The molecule has 0 unspecified atom stereocenters. The van der Waals surface area contributed by atoms with Crippen LogP contribution in [0.25, 0.3) is 10.1 Å². The molecule has 0 bridgehead atoms. The monoisotopic (exact) mass is 494 g/mol. The number of nitrogens with zero attached hydrogens (tertiary/aromatic N) is 3. The first-order chi connectivity index (χ1) is 17.6. The van der Waals surface area contributed by atoms with Crippen molar-refractivity contribution in [3.05, 3.63) is 107 Å². The molecule has 0 radical (unpaired) electrons. The fourth-order valence-corrected chi connectivity index (χ4v) is 4.60. The summed E-state index contributed by atoms with van der Waals surface area (Å²) in [6.45, 7) is 2.22. The van der Waals surface area contributed by atoms with Crippen LogP contribution in [0.4, 0.5) is 17.2 Å². The molecule has 3 heterocycles. The van der Waals surface area contributed by atoms with Crippen molar-refractivity contribution in [2.75, 3.05) is 10.6 Å². The zero-order valence-electron chi connectivity index (χ0n) is 19.4. The predicted molar refractivity (Wildman–Crippen MR) is 142 cm³/mol. The lowest BCUT2D eigenvalue weighted by Gasteiger charge is -2.15. The van der Waals surface area contributed by atoms with Crippen LogP contribution in [0.3, 0.4) is 0 Å². The molecule has 0 spiro atoms. The maximum absolute atomic E-state index is 13.3. The highest BCUT2D eigenvalue weighted by atomic mass is 32.1. The van der Waals surface area contributed by atoms with Crippen molar-refractivity contribution in [1.82, 2.24) is 20.3 Å². The molecular formula is C27H22N6O2S. The number of rotatable bonds is 7. The van der Waals surface area contributed by atoms with Crippen molar-refractivity contribution in [3.63, 3.8) is 0 Å². The minimum atomic E-state index is -0.333. The molecule has 0 saturated carbocycles. The number of nitrogens with one attached hydrogen (secondary N) is 3. The zero-order chi connectivity index (χ0) is 24.9. The summed E-state index contributed by atoms with van der Waals surface area (Å²) in [4.78, 5) is 38.6. The van der Waals surface area contributed by atoms with E-state index in [4.69, 9.17) is 0 Å². The second kappa shape index (κ2) is 10.3. The Hall–Kier alpha value is -4.63. The van der Waals surface area contributed by atoms with E-state index in [1.165, 1.54) is 23.9 Å². The SMILES string of the molecule is Cc1ccccc1Nc1ncc(C(=O)NCc2ccncn2)cc1NC(=O)c1csc2ccccc12. The normalized spacial score (nSPS) is 10.7. The number of hydrogen-bond donors (Lipinski definition) is 3. The van der Waals surface area contributed by atoms with E-state index in [1.807, 2.05) is 60.8 Å². The van der Waals surface area contributed by atoms with Gasteiger partial charge in [-0.2, -0.15) is 0 Å². The van der Waals surface area contributed by atoms with Crippen molar-refractivity contribution in [3.8, 4) is 0 Å². The van der Waals surface area contributed by atoms with Gasteiger partial charge in [-0.05, 0) is 36.8 Å². The highest BCUT2D eigenvalue weighted by molar-refractivity contribution is 7.17. The number of benzene rings is 2. The first kappa shape index (κ1) is 23.1. The van der Waals surface area contributed by atoms with Gasteiger partial charge in [0.2, 0.25) is 0 Å². The van der Waals surface area contributed by atoms with E-state index in [0.717, 1.165) is 21.3 Å². The van der Waals surface area contributed by atoms with Gasteiger partial charge in [-0.3, -0.25) is 9.59 Å². The van der Waals surface area contributed by atoms with Crippen LogP contribution in [-0.2, 0) is 6.54 Å². The molecule has 5 rings (SSSR count). The summed E-state index contributed by atoms with van der Waals surface area (Å²) in [5, 5.41) is 11.8. The molecule has 5 aromatic rings. The van der Waals surface area contributed by atoms with Gasteiger partial charge in [-0.25, -0.2) is 15.0 Å². The molecule has 0 aliphatic heterocycles. The molecule has 8 nitrogen and oxygen atoms in total. The fourth-order valence-electron chi connectivity index (χ4n) is 3.66. The lowest BCUT2D eigenvalue weighted by Crippen LogP contribution is -2.24. The van der Waals surface area contributed by atoms with Crippen LogP contribution in [0.15, 0.2) is 84.8 Å². The van der Waals surface area contributed by atoms with E-state index in [-0.39, 0.29) is 18.4 Å². The van der Waals surface area contributed by atoms with Gasteiger partial charge in [-0.15, -0.1) is 11.3 Å². The number of hydrogen-bond acceptors (Lipinski definition) is 7. The molecule has 3 aromatic heterocycles. The lowest BCUT2D eigenvalue weighted by atomic mass is 10.1. The predicted octanol–water partition coefficient (Wildman–Crippen LogP) is 5.32. The van der Waals surface area contributed by atoms with Crippen LogP contribution in [0.2, 0.25) is 0 Å². The first-order valence-electron chi connectivity index (χ1n) is 11.2. The average Bonchev–Trinajstić information content (AvgIpc) is 3.34. The van der Waals surface area contributed by atoms with Crippen LogP contribution in [0, 0.1) is 6.92 Å². The number of fused-ring (bicyclic) bond motifs is 1. The molecule has 0 saturated heterocycles. The van der Waals surface area contributed by atoms with Gasteiger partial charge in [0.15, 0.2) is 5.82 Å². The molecule has 0 fully saturated rings. The maximum atomic E-state index is 13.3. The Morgan fingerprint density at radius 3 is 2.61 bits per heavy atom. The summed E-state index contributed by atoms with van der Waals surface area (Å²) >= 11 is 1.51. The molecule has 3 N–H and O–H groups in total. The third-order valence-corrected chi connectivity index (χ3v) is 6.56. The highest BCUT2D eigenvalue weighted by Crippen LogP contribution is 2.29. The van der Waals surface area contributed by atoms with Crippen LogP contribution in [0.5, 0.6) is 0 Å². The molecule has 0 atom stereocenters. The molecule has 2 amide bonds. The summed E-state index contributed by atoms with van der Waals surface area (Å²) in [6.07, 6.45) is 4.52. The van der Waals surface area contributed by atoms with Crippen LogP contribution < -0.4 is 16.0 Å². The van der Waals surface area contributed by atoms with E-state index in [2.05, 4.69) is 30.9 Å². The van der Waals surface area contributed by atoms with Gasteiger partial charge in [0.05, 0.1) is 29.1 Å². The van der Waals surface area contributed by atoms with Gasteiger partial charge in [0.1, 0.15) is 6.33 Å². The van der Waals surface area contributed by atoms with Crippen molar-refractivity contribution in [2.24, 2.45) is 0 Å². The molecule has 0 aliphatic carbocycles. The van der Waals surface area contributed by atoms with E-state index >= 15 is 0 Å². The second-order valence-electron chi connectivity index (χ2n) is 8.04. The second-order valence-corrected chi connectivity index (χ2v) is 8.95. The van der Waals surface area contributed by atoms with Gasteiger partial charge < -0.3 is 16.0 Å². The van der Waals surface area contributed by atoms with E-state index < -0.39 is 0 Å². The quantitative estimate of drug-likeness (QED) is 0.283. The largest absolute Gasteiger partial charge is 0.346 e. The number of carbonyl (C=O) groups excluding carboxylic acids is 2. The number of amides is 2. The molecule has 36 heavy (non-hydrogen) atoms. The molecule has 178 valence electrons. The van der Waals surface area contributed by atoms with Gasteiger partial charge >= 0.3 is 0 Å². The van der Waals surface area contributed by atoms with Crippen molar-refractivity contribution in [1.29, 1.82) is 0 Å². The number of pyridine rings is 1. The Morgan fingerprint density at radius 2 is 1.78 bits per heavy atom. The maximum Gasteiger partial charge on any atom is 0.257 e. The summed E-state index contributed by atoms with van der Waals surface area (Å²) < 4.78 is 1.02. The third-order valence-electron chi connectivity index (χ3n) is 5.60. The molecule has 0 aliphatic rings. The smallest absolute Gasteiger partial charge is 0.257 e. The van der Waals surface area contributed by atoms with Crippen molar-refractivity contribution >= 4 is 50.4 Å². The Labute approximate surface area is 211 Å². The van der Waals surface area contributed by atoms with E-state index in [9.17, 15) is 9.59 Å². The van der Waals surface area contributed by atoms with Gasteiger partial charge in [0.25, 0.3) is 11.8 Å². The third kappa shape index (κ3) is 5.06. The van der Waals surface area contributed by atoms with Crippen molar-refractivity contribution < 1.29 is 9.59 Å². The molecular weight excluding hydrogens is 472 g/mol. The van der Waals surface area contributed by atoms with Crippen LogP contribution >= 0.6 is 11.3 Å². The molecule has 2 aromatic carbocycles. The number of thiophene rings is 1. The Kier molecular flexibility index (Phi) is 6.63. The Bertz CT molecular complexity index is 1550. The topological polar surface area (TPSA) is 109 Å². The van der Waals surface area contributed by atoms with Crippen LogP contribution in [0.1, 0.15) is 32.0 Å². The summed E-state index contributed by atoms with van der Waals surface area (Å²) in [5.41, 5.74) is 3.82. The van der Waals surface area contributed by atoms with Crippen LogP contribution in [-0.4, -0.2) is 26.8 Å². The summed E-state index contributed by atoms with van der Waals surface area (Å²) in [6, 6.07) is 18.9. The standard InChI is InChI=1S/C27H22N6O2S/c1-17-6-2-4-8-22(17)32-25-23(33-27(35)21-15-36-24-9-5-3-7-20(21)24)12-18(13-29-25)26(34)30-14-19-10-11-28-16-31-19/h2-13,15-16H,14H2,1H3,(H,29,32)(H,30,34)(H,33,35). The number of anilines is 3. The summed E-state index contributed by atoms with van der Waals surface area (Å²) in [7, 11) is 0. The number of aryl methyl sites for hydroxylation is 1. The van der Waals surface area contributed by atoms with Gasteiger partial charge in [0, 0.05) is 33.5 Å². The van der Waals surface area contributed by atoms with E-state index in [0.29, 0.717) is 28.3 Å². The summed E-state index contributed by atoms with van der Waals surface area (Å²) in [5.74, 6) is -0.176. The lowest BCUT2D eigenvalue weighted by molar-refractivity contribution is 0.0948. The number of carbonyl (C=O) groups is 2. The minimum absolute atomic E-state index is 0.243. The number of aromatic nitrogens is 3. The molecule has 9 heteroatoms. The van der Waals surface area contributed by atoms with Crippen molar-refractivity contribution in [2.45, 2.75) is 13.5 Å². The number of para-hydroxylation sites is 1. The average molecular weight is 495 g/mol. The minimum Gasteiger partial charge on any atom is -0.346 e. The zero-order valence-corrected chi connectivity index (χ0v) is 20.2. The van der Waals surface area contributed by atoms with Gasteiger partial charge in [-0.1, -0.05) is 36.4 Å². The Balaban J connectivity index is 1.44. The highest BCUT2D eigenvalue weighted by Gasteiger charge is 2.17.